The highest BCUT2D eigenvalue weighted by Crippen LogP contribution is 2.15. The van der Waals surface area contributed by atoms with Gasteiger partial charge in [-0.15, -0.1) is 0 Å². The molecule has 46 heavy (non-hydrogen) atoms. The molecule has 0 aromatic carbocycles. The summed E-state index contributed by atoms with van der Waals surface area (Å²) in [5.74, 6) is -1.48. The summed E-state index contributed by atoms with van der Waals surface area (Å²) < 4.78 is 10.4. The van der Waals surface area contributed by atoms with E-state index in [9.17, 15) is 14.4 Å². The third kappa shape index (κ3) is 37.1. The lowest BCUT2D eigenvalue weighted by molar-refractivity contribution is -0.149. The Morgan fingerprint density at radius 2 is 0.500 bits per heavy atom. The Morgan fingerprint density at radius 3 is 0.717 bits per heavy atom. The largest absolute Gasteiger partial charge is 0.465 e. The van der Waals surface area contributed by atoms with Crippen LogP contribution in [0.4, 0.5) is 0 Å². The maximum absolute atomic E-state index is 12.0. The molecule has 0 unspecified atom stereocenters. The number of unbranched alkanes of at least 4 members (excludes halogenated alkanes) is 30. The fraction of sp³-hybridized carbons (Fsp3) is 0.927. The van der Waals surface area contributed by atoms with E-state index in [1.807, 2.05) is 0 Å². The van der Waals surface area contributed by atoms with Crippen LogP contribution in [0.15, 0.2) is 0 Å². The minimum atomic E-state index is -0.531. The van der Waals surface area contributed by atoms with E-state index in [1.54, 1.807) is 0 Å². The summed E-state index contributed by atoms with van der Waals surface area (Å²) >= 11 is 0. The molecule has 0 aromatic rings. The quantitative estimate of drug-likeness (QED) is 0.0378. The van der Waals surface area contributed by atoms with Crippen molar-refractivity contribution in [2.75, 3.05) is 13.2 Å². The summed E-state index contributed by atoms with van der Waals surface area (Å²) in [5.41, 5.74) is 0. The van der Waals surface area contributed by atoms with E-state index in [0.717, 1.165) is 25.7 Å². The minimum absolute atomic E-state index is 0.340. The van der Waals surface area contributed by atoms with Gasteiger partial charge in [-0.25, -0.2) is 0 Å². The van der Waals surface area contributed by atoms with Gasteiger partial charge in [0.2, 0.25) is 0 Å². The first-order chi connectivity index (χ1) is 22.6. The molecule has 0 aromatic heterocycles. The molecule has 0 aliphatic carbocycles. The van der Waals surface area contributed by atoms with Gasteiger partial charge in [-0.05, 0) is 12.8 Å². The van der Waals surface area contributed by atoms with Gasteiger partial charge in [0.15, 0.2) is 5.78 Å². The van der Waals surface area contributed by atoms with Gasteiger partial charge in [0.1, 0.15) is 12.8 Å². The molecule has 5 heteroatoms. The number of Topliss-reactive ketones (excluding diaryl/α,β-unsaturated/α-hetero) is 1. The Balaban J connectivity index is 3.37. The number of hydrogen-bond acceptors (Lipinski definition) is 5. The predicted octanol–water partition coefficient (Wildman–Crippen LogP) is 12.9. The molecule has 0 saturated heterocycles. The molecule has 0 aliphatic rings. The monoisotopic (exact) mass is 651 g/mol. The molecule has 0 spiro atoms. The molecule has 5 nitrogen and oxygen atoms in total. The lowest BCUT2D eigenvalue weighted by atomic mass is 10.0. The molecule has 272 valence electrons. The Hall–Kier alpha value is -1.39. The maximum atomic E-state index is 12.0. The highest BCUT2D eigenvalue weighted by Gasteiger charge is 2.15. The van der Waals surface area contributed by atoms with Crippen molar-refractivity contribution in [3.8, 4) is 0 Å². The maximum Gasteiger partial charge on any atom is 0.313 e. The van der Waals surface area contributed by atoms with Crippen LogP contribution in [0.25, 0.3) is 0 Å². The van der Waals surface area contributed by atoms with Crippen LogP contribution in [0, 0.1) is 0 Å². The first kappa shape index (κ1) is 44.6. The summed E-state index contributed by atoms with van der Waals surface area (Å²) in [6.45, 7) is 5.26. The van der Waals surface area contributed by atoms with Crippen molar-refractivity contribution in [2.45, 2.75) is 232 Å². The van der Waals surface area contributed by atoms with Crippen LogP contribution < -0.4 is 0 Å². The van der Waals surface area contributed by atoms with E-state index in [4.69, 9.17) is 9.47 Å². The van der Waals surface area contributed by atoms with E-state index in [2.05, 4.69) is 13.8 Å². The van der Waals surface area contributed by atoms with E-state index < -0.39 is 17.7 Å². The van der Waals surface area contributed by atoms with Crippen molar-refractivity contribution in [1.82, 2.24) is 0 Å². The van der Waals surface area contributed by atoms with Crippen molar-refractivity contribution >= 4 is 17.7 Å². The van der Waals surface area contributed by atoms with E-state index in [1.165, 1.54) is 180 Å². The summed E-state index contributed by atoms with van der Waals surface area (Å²) in [4.78, 5) is 35.9. The number of esters is 2. The first-order valence-corrected chi connectivity index (χ1v) is 20.4. The average molecular weight is 651 g/mol. The van der Waals surface area contributed by atoms with E-state index in [0.29, 0.717) is 13.2 Å². The number of hydrogen-bond donors (Lipinski definition) is 0. The zero-order valence-corrected chi connectivity index (χ0v) is 31.0. The van der Waals surface area contributed by atoms with Crippen molar-refractivity contribution < 1.29 is 23.9 Å². The Labute approximate surface area is 286 Å². The molecule has 0 radical (unpaired) electrons. The van der Waals surface area contributed by atoms with Gasteiger partial charge < -0.3 is 9.47 Å². The Kier molecular flexibility index (Phi) is 36.9. The summed E-state index contributed by atoms with van der Waals surface area (Å²) in [5, 5.41) is 0. The smallest absolute Gasteiger partial charge is 0.313 e. The normalized spacial score (nSPS) is 11.2. The van der Waals surface area contributed by atoms with Crippen molar-refractivity contribution in [3.63, 3.8) is 0 Å². The van der Waals surface area contributed by atoms with Crippen molar-refractivity contribution in [2.24, 2.45) is 0 Å². The topological polar surface area (TPSA) is 69.7 Å². The fourth-order valence-electron chi connectivity index (χ4n) is 6.16. The van der Waals surface area contributed by atoms with Crippen LogP contribution >= 0.6 is 0 Å². The molecular weight excluding hydrogens is 572 g/mol. The average Bonchev–Trinajstić information content (AvgIpc) is 3.03. The zero-order chi connectivity index (χ0) is 33.6. The lowest BCUT2D eigenvalue weighted by Gasteiger charge is -2.06. The molecule has 0 rings (SSSR count). The standard InChI is InChI=1S/C41H78O5/c1-3-5-7-9-11-13-15-17-19-21-23-25-27-29-31-33-35-45-40(43)37-39(42)38-41(44)46-36-34-32-30-28-26-24-22-20-18-16-14-12-10-8-6-4-2/h3-38H2,1-2H3. The zero-order valence-electron chi connectivity index (χ0n) is 31.0. The highest BCUT2D eigenvalue weighted by molar-refractivity contribution is 6.03. The second-order valence-corrected chi connectivity index (χ2v) is 13.9. The third-order valence-corrected chi connectivity index (χ3v) is 9.20. The predicted molar refractivity (Wildman–Crippen MR) is 195 cm³/mol. The van der Waals surface area contributed by atoms with Crippen LogP contribution in [-0.2, 0) is 23.9 Å². The van der Waals surface area contributed by atoms with Gasteiger partial charge in [0.05, 0.1) is 13.2 Å². The minimum Gasteiger partial charge on any atom is -0.465 e. The molecule has 0 atom stereocenters. The lowest BCUT2D eigenvalue weighted by Crippen LogP contribution is -2.17. The highest BCUT2D eigenvalue weighted by atomic mass is 16.5. The third-order valence-electron chi connectivity index (χ3n) is 9.20. The van der Waals surface area contributed by atoms with Crippen molar-refractivity contribution in [3.05, 3.63) is 0 Å². The van der Waals surface area contributed by atoms with Gasteiger partial charge >= 0.3 is 11.9 Å². The summed E-state index contributed by atoms with van der Waals surface area (Å²) in [6, 6.07) is 0. The first-order valence-electron chi connectivity index (χ1n) is 20.4. The fourth-order valence-corrected chi connectivity index (χ4v) is 6.16. The molecule has 0 amide bonds. The molecule has 0 N–H and O–H groups in total. The number of carbonyl (C=O) groups is 3. The molecule has 0 saturated carbocycles. The van der Waals surface area contributed by atoms with Crippen LogP contribution in [0.5, 0.6) is 0 Å². The second kappa shape index (κ2) is 38.1. The van der Waals surface area contributed by atoms with Gasteiger partial charge in [0, 0.05) is 0 Å². The van der Waals surface area contributed by atoms with Gasteiger partial charge in [0.25, 0.3) is 0 Å². The molecular formula is C41H78O5. The van der Waals surface area contributed by atoms with Crippen LogP contribution in [-0.4, -0.2) is 30.9 Å². The Morgan fingerprint density at radius 1 is 0.304 bits per heavy atom. The van der Waals surface area contributed by atoms with Crippen LogP contribution in [0.1, 0.15) is 232 Å². The van der Waals surface area contributed by atoms with Crippen LogP contribution in [0.3, 0.4) is 0 Å². The van der Waals surface area contributed by atoms with E-state index in [-0.39, 0.29) is 12.8 Å². The van der Waals surface area contributed by atoms with Gasteiger partial charge in [-0.1, -0.05) is 206 Å². The number of ketones is 1. The summed E-state index contributed by atoms with van der Waals surface area (Å²) in [6.07, 6.45) is 41.0. The molecule has 0 aliphatic heterocycles. The summed E-state index contributed by atoms with van der Waals surface area (Å²) in [7, 11) is 0. The van der Waals surface area contributed by atoms with Crippen molar-refractivity contribution in [1.29, 1.82) is 0 Å². The molecule has 0 bridgehead atoms. The van der Waals surface area contributed by atoms with Gasteiger partial charge in [-0.2, -0.15) is 0 Å². The number of ether oxygens (including phenoxy) is 2. The number of rotatable bonds is 38. The number of carbonyl (C=O) groups excluding carboxylic acids is 3. The molecule has 0 heterocycles. The van der Waals surface area contributed by atoms with Gasteiger partial charge in [-0.3, -0.25) is 14.4 Å². The second-order valence-electron chi connectivity index (χ2n) is 13.9. The van der Waals surface area contributed by atoms with E-state index >= 15 is 0 Å². The molecule has 0 fully saturated rings. The SMILES string of the molecule is CCCCCCCCCCCCCCCCCCOC(=O)CC(=O)CC(=O)OCCCCCCCCCCCCCCCCCC. The van der Waals surface area contributed by atoms with Crippen LogP contribution in [0.2, 0.25) is 0 Å². The Bertz CT molecular complexity index is 607.